The third-order valence-electron chi connectivity index (χ3n) is 3.16. The van der Waals surface area contributed by atoms with Crippen molar-refractivity contribution in [1.29, 1.82) is 0 Å². The highest BCUT2D eigenvalue weighted by Crippen LogP contribution is 2.35. The van der Waals surface area contributed by atoms with Gasteiger partial charge in [0.2, 0.25) is 0 Å². The van der Waals surface area contributed by atoms with E-state index in [-0.39, 0.29) is 12.0 Å². The van der Waals surface area contributed by atoms with Crippen molar-refractivity contribution in [1.82, 2.24) is 0 Å². The molecule has 110 valence electrons. The minimum Gasteiger partial charge on any atom is -0.495 e. The summed E-state index contributed by atoms with van der Waals surface area (Å²) < 4.78 is 12.4. The normalized spacial score (nSPS) is 21.8. The van der Waals surface area contributed by atoms with Gasteiger partial charge in [0.05, 0.1) is 23.4 Å². The molecule has 1 heterocycles. The van der Waals surface area contributed by atoms with E-state index >= 15 is 0 Å². The second kappa shape index (κ2) is 6.89. The van der Waals surface area contributed by atoms with Gasteiger partial charge in [-0.1, -0.05) is 0 Å². The Morgan fingerprint density at radius 3 is 2.80 bits per heavy atom. The van der Waals surface area contributed by atoms with Crippen LogP contribution in [0.1, 0.15) is 12.8 Å². The number of hydrogen-bond donors (Lipinski definition) is 2. The van der Waals surface area contributed by atoms with Crippen molar-refractivity contribution >= 4 is 43.5 Å². The van der Waals surface area contributed by atoms with Crippen LogP contribution in [0, 0.1) is 0 Å². The molecule has 1 fully saturated rings. The van der Waals surface area contributed by atoms with Gasteiger partial charge in [-0.3, -0.25) is 4.79 Å². The molecular weight excluding hydrogens is 392 g/mol. The zero-order valence-corrected chi connectivity index (χ0v) is 14.2. The summed E-state index contributed by atoms with van der Waals surface area (Å²) in [6.07, 6.45) is 1.05. The van der Waals surface area contributed by atoms with Crippen LogP contribution in [0.3, 0.4) is 0 Å². The number of methoxy groups -OCH3 is 1. The van der Waals surface area contributed by atoms with Crippen LogP contribution in [-0.4, -0.2) is 31.8 Å². The lowest BCUT2D eigenvalue weighted by atomic mass is 10.2. The molecule has 2 rings (SSSR count). The molecule has 0 aliphatic carbocycles. The van der Waals surface area contributed by atoms with Crippen molar-refractivity contribution in [3.8, 4) is 5.75 Å². The first-order chi connectivity index (χ1) is 9.55. The molecule has 2 unspecified atom stereocenters. The van der Waals surface area contributed by atoms with Gasteiger partial charge in [0.1, 0.15) is 11.9 Å². The molecule has 1 aliphatic rings. The van der Waals surface area contributed by atoms with Gasteiger partial charge < -0.3 is 20.5 Å². The number of carbonyl (C=O) groups is 1. The molecule has 1 aliphatic heterocycles. The lowest BCUT2D eigenvalue weighted by Crippen LogP contribution is -2.29. The van der Waals surface area contributed by atoms with Crippen molar-refractivity contribution < 1.29 is 14.3 Å². The second-order valence-corrected chi connectivity index (χ2v) is 6.22. The highest BCUT2D eigenvalue weighted by Gasteiger charge is 2.30. The standard InChI is InChI=1S/C13H16Br2N2O3/c1-19-12-5-10(8(14)4-9(12)15)17-13(18)11-3-2-7(6-16)20-11/h4-5,7,11H,2-3,6,16H2,1H3,(H,17,18). The van der Waals surface area contributed by atoms with Crippen LogP contribution in [0.25, 0.3) is 0 Å². The lowest BCUT2D eigenvalue weighted by molar-refractivity contribution is -0.126. The Morgan fingerprint density at radius 2 is 2.20 bits per heavy atom. The van der Waals surface area contributed by atoms with Crippen molar-refractivity contribution in [2.24, 2.45) is 5.73 Å². The molecule has 0 bridgehead atoms. The van der Waals surface area contributed by atoms with E-state index in [2.05, 4.69) is 37.2 Å². The topological polar surface area (TPSA) is 73.6 Å². The number of hydrogen-bond acceptors (Lipinski definition) is 4. The average Bonchev–Trinajstić information content (AvgIpc) is 2.90. The molecule has 1 aromatic rings. The molecule has 2 atom stereocenters. The van der Waals surface area contributed by atoms with E-state index in [9.17, 15) is 4.79 Å². The molecule has 1 aromatic carbocycles. The van der Waals surface area contributed by atoms with Crippen LogP contribution < -0.4 is 15.8 Å². The number of carbonyl (C=O) groups excluding carboxylic acids is 1. The predicted molar refractivity (Wildman–Crippen MR) is 84.0 cm³/mol. The van der Waals surface area contributed by atoms with E-state index in [1.807, 2.05) is 6.07 Å². The predicted octanol–water partition coefficient (Wildman–Crippen LogP) is 2.67. The largest absolute Gasteiger partial charge is 0.495 e. The molecule has 3 N–H and O–H groups in total. The average molecular weight is 408 g/mol. The maximum Gasteiger partial charge on any atom is 0.253 e. The van der Waals surface area contributed by atoms with E-state index in [0.717, 1.165) is 15.4 Å². The van der Waals surface area contributed by atoms with Crippen LogP contribution in [0.4, 0.5) is 5.69 Å². The molecule has 7 heteroatoms. The molecule has 5 nitrogen and oxygen atoms in total. The fourth-order valence-corrected chi connectivity index (χ4v) is 3.32. The third-order valence-corrected chi connectivity index (χ3v) is 4.44. The Kier molecular flexibility index (Phi) is 5.42. The summed E-state index contributed by atoms with van der Waals surface area (Å²) in [6.45, 7) is 0.444. The Hall–Kier alpha value is -0.630. The zero-order chi connectivity index (χ0) is 14.7. The highest BCUT2D eigenvalue weighted by molar-refractivity contribution is 9.11. The number of rotatable bonds is 4. The van der Waals surface area contributed by atoms with E-state index in [1.54, 1.807) is 13.2 Å². The van der Waals surface area contributed by atoms with Gasteiger partial charge >= 0.3 is 0 Å². The lowest BCUT2D eigenvalue weighted by Gasteiger charge is -2.15. The van der Waals surface area contributed by atoms with Gasteiger partial charge in [-0.15, -0.1) is 0 Å². The van der Waals surface area contributed by atoms with Crippen LogP contribution >= 0.6 is 31.9 Å². The summed E-state index contributed by atoms with van der Waals surface area (Å²) >= 11 is 6.80. The summed E-state index contributed by atoms with van der Waals surface area (Å²) in [4.78, 5) is 12.2. The van der Waals surface area contributed by atoms with Crippen molar-refractivity contribution in [2.75, 3.05) is 19.0 Å². The number of nitrogens with one attached hydrogen (secondary N) is 1. The first kappa shape index (κ1) is 15.8. The van der Waals surface area contributed by atoms with Gasteiger partial charge in [-0.2, -0.15) is 0 Å². The monoisotopic (exact) mass is 406 g/mol. The number of ether oxygens (including phenoxy) is 2. The molecule has 1 saturated heterocycles. The number of nitrogens with two attached hydrogens (primary N) is 1. The molecule has 0 radical (unpaired) electrons. The van der Waals surface area contributed by atoms with Gasteiger partial charge in [-0.25, -0.2) is 0 Å². The Labute approximate surface area is 134 Å². The summed E-state index contributed by atoms with van der Waals surface area (Å²) in [5.41, 5.74) is 6.19. The van der Waals surface area contributed by atoms with Crippen molar-refractivity contribution in [2.45, 2.75) is 25.0 Å². The summed E-state index contributed by atoms with van der Waals surface area (Å²) in [7, 11) is 1.57. The van der Waals surface area contributed by atoms with Gasteiger partial charge in [-0.05, 0) is 50.8 Å². The smallest absolute Gasteiger partial charge is 0.253 e. The quantitative estimate of drug-likeness (QED) is 0.804. The minimum absolute atomic E-state index is 0.0198. The van der Waals surface area contributed by atoms with Crippen molar-refractivity contribution in [3.05, 3.63) is 21.1 Å². The maximum atomic E-state index is 12.2. The highest BCUT2D eigenvalue weighted by atomic mass is 79.9. The Morgan fingerprint density at radius 1 is 1.45 bits per heavy atom. The first-order valence-corrected chi connectivity index (χ1v) is 7.83. The molecule has 0 aromatic heterocycles. The molecule has 1 amide bonds. The minimum atomic E-state index is -0.440. The van der Waals surface area contributed by atoms with E-state index in [0.29, 0.717) is 24.4 Å². The number of anilines is 1. The maximum absolute atomic E-state index is 12.2. The van der Waals surface area contributed by atoms with E-state index in [4.69, 9.17) is 15.2 Å². The summed E-state index contributed by atoms with van der Waals surface area (Å²) in [5, 5.41) is 2.85. The number of halogens is 2. The fraction of sp³-hybridized carbons (Fsp3) is 0.462. The van der Waals surface area contributed by atoms with Crippen LogP contribution in [-0.2, 0) is 9.53 Å². The SMILES string of the molecule is COc1cc(NC(=O)C2CCC(CN)O2)c(Br)cc1Br. The Bertz CT molecular complexity index is 511. The summed E-state index contributed by atoms with van der Waals surface area (Å²) in [6, 6.07) is 3.58. The van der Waals surface area contributed by atoms with Gasteiger partial charge in [0.25, 0.3) is 5.91 Å². The molecule has 0 saturated carbocycles. The summed E-state index contributed by atoms with van der Waals surface area (Å²) in [5.74, 6) is 0.488. The van der Waals surface area contributed by atoms with E-state index in [1.165, 1.54) is 0 Å². The van der Waals surface area contributed by atoms with Crippen LogP contribution in [0.5, 0.6) is 5.75 Å². The second-order valence-electron chi connectivity index (χ2n) is 4.52. The van der Waals surface area contributed by atoms with Crippen LogP contribution in [0.15, 0.2) is 21.1 Å². The first-order valence-electron chi connectivity index (χ1n) is 6.24. The number of amides is 1. The third kappa shape index (κ3) is 3.52. The fourth-order valence-electron chi connectivity index (χ4n) is 2.07. The van der Waals surface area contributed by atoms with Crippen molar-refractivity contribution in [3.63, 3.8) is 0 Å². The molecule has 20 heavy (non-hydrogen) atoms. The molecular formula is C13H16Br2N2O3. The zero-order valence-electron chi connectivity index (χ0n) is 11.0. The van der Waals surface area contributed by atoms with Gasteiger partial charge in [0, 0.05) is 17.1 Å². The Balaban J connectivity index is 2.08. The number of benzene rings is 1. The van der Waals surface area contributed by atoms with Gasteiger partial charge in [0.15, 0.2) is 0 Å². The van der Waals surface area contributed by atoms with E-state index < -0.39 is 6.10 Å². The van der Waals surface area contributed by atoms with Crippen LogP contribution in [0.2, 0.25) is 0 Å². The molecule has 0 spiro atoms.